The summed E-state index contributed by atoms with van der Waals surface area (Å²) in [5.41, 5.74) is 0.162. The van der Waals surface area contributed by atoms with Crippen LogP contribution in [0.3, 0.4) is 0 Å². The van der Waals surface area contributed by atoms with E-state index in [1.165, 1.54) is 12.4 Å². The number of hydrazone groups is 1. The second-order valence-electron chi connectivity index (χ2n) is 5.19. The van der Waals surface area contributed by atoms with Crippen LogP contribution in [0.15, 0.2) is 53.9 Å². The van der Waals surface area contributed by atoms with Crippen molar-refractivity contribution in [3.63, 3.8) is 0 Å². The van der Waals surface area contributed by atoms with Crippen molar-refractivity contribution in [1.82, 2.24) is 9.99 Å². The molecule has 2 heterocycles. The minimum atomic E-state index is -1.50. The van der Waals surface area contributed by atoms with E-state index in [-0.39, 0.29) is 12.3 Å². The number of hydrogen-bond acceptors (Lipinski definition) is 4. The van der Waals surface area contributed by atoms with Crippen molar-refractivity contribution in [2.45, 2.75) is 19.1 Å². The Labute approximate surface area is 132 Å². The molecule has 0 saturated heterocycles. The number of rotatable bonds is 2. The number of amides is 1. The average molecular weight is 316 g/mol. The highest BCUT2D eigenvalue weighted by molar-refractivity contribution is 6.30. The van der Waals surface area contributed by atoms with Gasteiger partial charge in [0.1, 0.15) is 0 Å². The van der Waals surface area contributed by atoms with Crippen molar-refractivity contribution >= 4 is 23.2 Å². The van der Waals surface area contributed by atoms with E-state index in [2.05, 4.69) is 10.1 Å². The summed E-state index contributed by atoms with van der Waals surface area (Å²) >= 11 is 5.89. The summed E-state index contributed by atoms with van der Waals surface area (Å²) in [6, 6.07) is 9.93. The largest absolute Gasteiger partial charge is 0.365 e. The number of halogens is 1. The second-order valence-corrected chi connectivity index (χ2v) is 5.62. The molecule has 1 N–H and O–H groups in total. The van der Waals surface area contributed by atoms with Gasteiger partial charge in [-0.1, -0.05) is 23.7 Å². The number of nitrogens with zero attached hydrogens (tertiary/aromatic N) is 3. The highest BCUT2D eigenvalue weighted by Gasteiger charge is 2.45. The van der Waals surface area contributed by atoms with Crippen LogP contribution < -0.4 is 0 Å². The van der Waals surface area contributed by atoms with Crippen LogP contribution in [0.4, 0.5) is 0 Å². The molecule has 5 nitrogen and oxygen atoms in total. The Bertz CT molecular complexity index is 731. The van der Waals surface area contributed by atoms with Gasteiger partial charge in [0.05, 0.1) is 0 Å². The molecule has 1 aliphatic rings. The maximum absolute atomic E-state index is 12.7. The number of carbonyl (C=O) groups is 1. The van der Waals surface area contributed by atoms with Gasteiger partial charge in [-0.2, -0.15) is 10.1 Å². The first-order valence-corrected chi connectivity index (χ1v) is 7.15. The molecule has 0 saturated carbocycles. The van der Waals surface area contributed by atoms with Crippen molar-refractivity contribution in [3.05, 3.63) is 64.9 Å². The van der Waals surface area contributed by atoms with Crippen molar-refractivity contribution in [2.24, 2.45) is 5.10 Å². The van der Waals surface area contributed by atoms with Gasteiger partial charge in [-0.3, -0.25) is 9.78 Å². The van der Waals surface area contributed by atoms with Gasteiger partial charge in [0.2, 0.25) is 0 Å². The Kier molecular flexibility index (Phi) is 3.68. The van der Waals surface area contributed by atoms with Gasteiger partial charge in [0.15, 0.2) is 5.72 Å². The van der Waals surface area contributed by atoms with Gasteiger partial charge < -0.3 is 5.11 Å². The van der Waals surface area contributed by atoms with Gasteiger partial charge in [-0.15, -0.1) is 0 Å². The lowest BCUT2D eigenvalue weighted by Gasteiger charge is -2.31. The highest BCUT2D eigenvalue weighted by Crippen LogP contribution is 2.36. The molecule has 1 atom stereocenters. The van der Waals surface area contributed by atoms with Crippen molar-refractivity contribution in [1.29, 1.82) is 0 Å². The quantitative estimate of drug-likeness (QED) is 0.926. The van der Waals surface area contributed by atoms with Crippen LogP contribution in [0.1, 0.15) is 29.3 Å². The molecule has 112 valence electrons. The van der Waals surface area contributed by atoms with E-state index in [0.29, 0.717) is 21.9 Å². The Morgan fingerprint density at radius 3 is 2.50 bits per heavy atom. The van der Waals surface area contributed by atoms with Crippen molar-refractivity contribution in [3.8, 4) is 0 Å². The third kappa shape index (κ3) is 2.49. The number of aliphatic hydroxyl groups is 1. The molecule has 0 spiro atoms. The molecular formula is C16H14ClN3O2. The number of pyridine rings is 1. The fraction of sp³-hybridized carbons (Fsp3) is 0.188. The highest BCUT2D eigenvalue weighted by atomic mass is 35.5. The molecular weight excluding hydrogens is 302 g/mol. The van der Waals surface area contributed by atoms with E-state index in [9.17, 15) is 9.90 Å². The van der Waals surface area contributed by atoms with Crippen LogP contribution in [0, 0.1) is 0 Å². The van der Waals surface area contributed by atoms with E-state index >= 15 is 0 Å². The predicted molar refractivity (Wildman–Crippen MR) is 83.5 cm³/mol. The lowest BCUT2D eigenvalue weighted by Crippen LogP contribution is -2.43. The Morgan fingerprint density at radius 1 is 1.23 bits per heavy atom. The molecule has 3 rings (SSSR count). The summed E-state index contributed by atoms with van der Waals surface area (Å²) in [5.74, 6) is -0.378. The molecule has 0 radical (unpaired) electrons. The Balaban J connectivity index is 2.01. The van der Waals surface area contributed by atoms with Crippen LogP contribution in [-0.4, -0.2) is 26.7 Å². The smallest absolute Gasteiger partial charge is 0.277 e. The second kappa shape index (κ2) is 5.51. The number of carbonyl (C=O) groups excluding carboxylic acids is 1. The summed E-state index contributed by atoms with van der Waals surface area (Å²) < 4.78 is 0. The van der Waals surface area contributed by atoms with Gasteiger partial charge in [0.25, 0.3) is 5.91 Å². The fourth-order valence-electron chi connectivity index (χ4n) is 2.49. The van der Waals surface area contributed by atoms with Gasteiger partial charge in [-0.25, -0.2) is 0 Å². The molecule has 1 aromatic carbocycles. The summed E-state index contributed by atoms with van der Waals surface area (Å²) in [7, 11) is 0. The van der Waals surface area contributed by atoms with E-state index in [0.717, 1.165) is 5.01 Å². The molecule has 2 aromatic rings. The Morgan fingerprint density at radius 2 is 1.86 bits per heavy atom. The maximum Gasteiger partial charge on any atom is 0.277 e. The van der Waals surface area contributed by atoms with Crippen LogP contribution in [-0.2, 0) is 5.72 Å². The standard InChI is InChI=1S/C16H14ClN3O2/c1-11-10-16(22,13-2-4-14(17)5-3-13)20(19-11)15(21)12-6-8-18-9-7-12/h2-9,22H,10H2,1H3/t16-/m0/s1. The van der Waals surface area contributed by atoms with Gasteiger partial charge in [-0.05, 0) is 31.2 Å². The lowest BCUT2D eigenvalue weighted by atomic mass is 9.97. The fourth-order valence-corrected chi connectivity index (χ4v) is 2.62. The SMILES string of the molecule is CC1=NN(C(=O)c2ccncc2)[C@@](O)(c2ccc(Cl)cc2)C1. The van der Waals surface area contributed by atoms with Crippen LogP contribution in [0.5, 0.6) is 0 Å². The minimum Gasteiger partial charge on any atom is -0.365 e. The summed E-state index contributed by atoms with van der Waals surface area (Å²) in [5, 5.41) is 17.0. The van der Waals surface area contributed by atoms with Crippen LogP contribution in [0.2, 0.25) is 5.02 Å². The number of hydrogen-bond donors (Lipinski definition) is 1. The third-order valence-electron chi connectivity index (χ3n) is 3.55. The van der Waals surface area contributed by atoms with Crippen LogP contribution in [0.25, 0.3) is 0 Å². The monoisotopic (exact) mass is 315 g/mol. The first-order chi connectivity index (χ1) is 10.5. The molecule has 6 heteroatoms. The van der Waals surface area contributed by atoms with Crippen molar-refractivity contribution < 1.29 is 9.90 Å². The van der Waals surface area contributed by atoms with E-state index in [1.807, 2.05) is 0 Å². The molecule has 0 bridgehead atoms. The average Bonchev–Trinajstić information content (AvgIpc) is 2.84. The minimum absolute atomic E-state index is 0.255. The lowest BCUT2D eigenvalue weighted by molar-refractivity contribution is -0.0765. The van der Waals surface area contributed by atoms with E-state index in [1.54, 1.807) is 43.3 Å². The molecule has 0 fully saturated rings. The van der Waals surface area contributed by atoms with Crippen molar-refractivity contribution in [2.75, 3.05) is 0 Å². The summed E-state index contributed by atoms with van der Waals surface area (Å²) in [6.07, 6.45) is 3.31. The third-order valence-corrected chi connectivity index (χ3v) is 3.80. The number of aromatic nitrogens is 1. The predicted octanol–water partition coefficient (Wildman–Crippen LogP) is 2.80. The van der Waals surface area contributed by atoms with Gasteiger partial charge in [0, 0.05) is 40.7 Å². The molecule has 1 amide bonds. The topological polar surface area (TPSA) is 65.8 Å². The zero-order valence-corrected chi connectivity index (χ0v) is 12.7. The maximum atomic E-state index is 12.7. The summed E-state index contributed by atoms with van der Waals surface area (Å²) in [6.45, 7) is 1.78. The molecule has 0 unspecified atom stereocenters. The zero-order chi connectivity index (χ0) is 15.7. The first kappa shape index (κ1) is 14.7. The van der Waals surface area contributed by atoms with Crippen LogP contribution >= 0.6 is 11.6 Å². The zero-order valence-electron chi connectivity index (χ0n) is 11.9. The number of benzene rings is 1. The normalized spacial score (nSPS) is 20.9. The summed E-state index contributed by atoms with van der Waals surface area (Å²) in [4.78, 5) is 16.5. The molecule has 1 aromatic heterocycles. The molecule has 0 aliphatic carbocycles. The molecule has 22 heavy (non-hydrogen) atoms. The van der Waals surface area contributed by atoms with Gasteiger partial charge >= 0.3 is 0 Å². The van der Waals surface area contributed by atoms with E-state index < -0.39 is 5.72 Å². The Hall–Kier alpha value is -2.24. The molecule has 1 aliphatic heterocycles. The first-order valence-electron chi connectivity index (χ1n) is 6.78. The van der Waals surface area contributed by atoms with E-state index in [4.69, 9.17) is 11.6 Å².